The number of hydrogen-bond acceptors (Lipinski definition) is 3. The van der Waals surface area contributed by atoms with Crippen LogP contribution in [0.15, 0.2) is 0 Å². The maximum absolute atomic E-state index is 9.79. The topological polar surface area (TPSA) is 43.7 Å². The van der Waals surface area contributed by atoms with Crippen LogP contribution < -0.4 is 0 Å². The first kappa shape index (κ1) is 10.4. The number of likely N-dealkylation sites (tertiary alicyclic amines) is 1. The summed E-state index contributed by atoms with van der Waals surface area (Å²) in [7, 11) is 0. The van der Waals surface area contributed by atoms with Crippen molar-refractivity contribution >= 4 is 0 Å². The van der Waals surface area contributed by atoms with E-state index >= 15 is 0 Å². The second-order valence-electron chi connectivity index (χ2n) is 4.89. The maximum atomic E-state index is 9.79. The highest BCUT2D eigenvalue weighted by Crippen LogP contribution is 2.28. The van der Waals surface area contributed by atoms with Gasteiger partial charge in [-0.05, 0) is 31.6 Å². The zero-order valence-electron chi connectivity index (χ0n) is 8.89. The van der Waals surface area contributed by atoms with Gasteiger partial charge in [-0.3, -0.25) is 4.90 Å². The van der Waals surface area contributed by atoms with E-state index in [1.165, 1.54) is 0 Å². The van der Waals surface area contributed by atoms with Crippen molar-refractivity contribution in [1.82, 2.24) is 4.90 Å². The summed E-state index contributed by atoms with van der Waals surface area (Å²) in [4.78, 5) is 2.37. The Bertz CT molecular complexity index is 198. The van der Waals surface area contributed by atoms with Gasteiger partial charge in [-0.25, -0.2) is 0 Å². The highest BCUT2D eigenvalue weighted by molar-refractivity contribution is 4.89. The van der Waals surface area contributed by atoms with Gasteiger partial charge in [0.05, 0.1) is 12.2 Å². The minimum absolute atomic E-state index is 0.127. The second kappa shape index (κ2) is 4.17. The fourth-order valence-corrected chi connectivity index (χ4v) is 2.81. The van der Waals surface area contributed by atoms with E-state index in [1.54, 1.807) is 0 Å². The van der Waals surface area contributed by atoms with Gasteiger partial charge >= 0.3 is 0 Å². The van der Waals surface area contributed by atoms with E-state index in [9.17, 15) is 10.2 Å². The summed E-state index contributed by atoms with van der Waals surface area (Å²) in [6.45, 7) is 3.99. The molecule has 0 amide bonds. The lowest BCUT2D eigenvalue weighted by Gasteiger charge is -2.39. The Labute approximate surface area is 85.7 Å². The van der Waals surface area contributed by atoms with Crippen molar-refractivity contribution in [3.05, 3.63) is 0 Å². The molecule has 2 fully saturated rings. The largest absolute Gasteiger partial charge is 0.393 e. The number of aliphatic hydroxyl groups excluding tert-OH is 2. The molecule has 4 atom stereocenters. The molecule has 1 aliphatic carbocycles. The lowest BCUT2D eigenvalue weighted by Crippen LogP contribution is -2.49. The van der Waals surface area contributed by atoms with Crippen LogP contribution in [0.1, 0.15) is 32.6 Å². The van der Waals surface area contributed by atoms with Crippen LogP contribution in [0.4, 0.5) is 0 Å². The minimum Gasteiger partial charge on any atom is -0.393 e. The number of rotatable bonds is 1. The van der Waals surface area contributed by atoms with E-state index in [2.05, 4.69) is 11.8 Å². The van der Waals surface area contributed by atoms with Gasteiger partial charge in [0, 0.05) is 19.1 Å². The summed E-state index contributed by atoms with van der Waals surface area (Å²) in [6, 6.07) is 0.366. The molecule has 1 saturated heterocycles. The molecule has 0 radical (unpaired) electrons. The van der Waals surface area contributed by atoms with Crippen molar-refractivity contribution in [2.24, 2.45) is 5.92 Å². The summed E-state index contributed by atoms with van der Waals surface area (Å²) in [6.07, 6.45) is 3.84. The molecule has 2 aliphatic rings. The van der Waals surface area contributed by atoms with Crippen LogP contribution in [-0.4, -0.2) is 46.5 Å². The third kappa shape index (κ3) is 1.95. The molecule has 0 spiro atoms. The van der Waals surface area contributed by atoms with E-state index in [0.29, 0.717) is 12.0 Å². The molecular weight excluding hydrogens is 178 g/mol. The Kier molecular flexibility index (Phi) is 3.10. The Hall–Kier alpha value is -0.120. The fraction of sp³-hybridized carbons (Fsp3) is 1.00. The molecular formula is C11H21NO2. The maximum Gasteiger partial charge on any atom is 0.0695 e. The van der Waals surface area contributed by atoms with Crippen molar-refractivity contribution in [1.29, 1.82) is 0 Å². The lowest BCUT2D eigenvalue weighted by atomic mass is 9.95. The van der Waals surface area contributed by atoms with E-state index in [-0.39, 0.29) is 12.2 Å². The zero-order chi connectivity index (χ0) is 10.1. The average molecular weight is 199 g/mol. The minimum atomic E-state index is -0.134. The van der Waals surface area contributed by atoms with Gasteiger partial charge in [-0.15, -0.1) is 0 Å². The van der Waals surface area contributed by atoms with Crippen molar-refractivity contribution in [3.8, 4) is 0 Å². The molecule has 0 aromatic carbocycles. The standard InChI is InChI=1S/C11H21NO2/c1-8-7-12(6-5-10(8)13)9-3-2-4-11(9)14/h8-11,13-14H,2-7H2,1H3. The molecule has 14 heavy (non-hydrogen) atoms. The Morgan fingerprint density at radius 1 is 1.07 bits per heavy atom. The van der Waals surface area contributed by atoms with Gasteiger partial charge in [0.15, 0.2) is 0 Å². The van der Waals surface area contributed by atoms with E-state index in [1.807, 2.05) is 0 Å². The Balaban J connectivity index is 1.92. The molecule has 1 aliphatic heterocycles. The SMILES string of the molecule is CC1CN(C2CCCC2O)CCC1O. The molecule has 1 saturated carbocycles. The summed E-state index contributed by atoms with van der Waals surface area (Å²) in [5.41, 5.74) is 0. The van der Waals surface area contributed by atoms with Gasteiger partial charge in [0.2, 0.25) is 0 Å². The van der Waals surface area contributed by atoms with Gasteiger partial charge in [-0.1, -0.05) is 6.92 Å². The van der Waals surface area contributed by atoms with Crippen molar-refractivity contribution in [3.63, 3.8) is 0 Å². The van der Waals surface area contributed by atoms with E-state index in [0.717, 1.165) is 38.8 Å². The van der Waals surface area contributed by atoms with Crippen LogP contribution in [0.2, 0.25) is 0 Å². The third-order valence-corrected chi connectivity index (χ3v) is 3.80. The van der Waals surface area contributed by atoms with Gasteiger partial charge in [0.25, 0.3) is 0 Å². The monoisotopic (exact) mass is 199 g/mol. The molecule has 82 valence electrons. The summed E-state index contributed by atoms with van der Waals surface area (Å²) < 4.78 is 0. The van der Waals surface area contributed by atoms with Crippen molar-refractivity contribution in [2.45, 2.75) is 50.9 Å². The van der Waals surface area contributed by atoms with E-state index < -0.39 is 0 Å². The number of nitrogens with zero attached hydrogens (tertiary/aromatic N) is 1. The normalized spacial score (nSPS) is 45.6. The molecule has 3 nitrogen and oxygen atoms in total. The summed E-state index contributed by atoms with van der Waals surface area (Å²) >= 11 is 0. The van der Waals surface area contributed by atoms with Crippen LogP contribution in [-0.2, 0) is 0 Å². The Morgan fingerprint density at radius 2 is 1.86 bits per heavy atom. The first-order valence-electron chi connectivity index (χ1n) is 5.78. The average Bonchev–Trinajstić information content (AvgIpc) is 2.57. The van der Waals surface area contributed by atoms with Gasteiger partial charge in [0.1, 0.15) is 0 Å². The van der Waals surface area contributed by atoms with Crippen molar-refractivity contribution in [2.75, 3.05) is 13.1 Å². The molecule has 3 heteroatoms. The first-order chi connectivity index (χ1) is 6.68. The van der Waals surface area contributed by atoms with Crippen LogP contribution in [0.3, 0.4) is 0 Å². The number of piperidine rings is 1. The van der Waals surface area contributed by atoms with Crippen LogP contribution in [0, 0.1) is 5.92 Å². The molecule has 0 aromatic heterocycles. The van der Waals surface area contributed by atoms with Crippen LogP contribution in [0.5, 0.6) is 0 Å². The smallest absolute Gasteiger partial charge is 0.0695 e. The molecule has 1 heterocycles. The van der Waals surface area contributed by atoms with Crippen LogP contribution >= 0.6 is 0 Å². The number of aliphatic hydroxyl groups is 2. The molecule has 0 bridgehead atoms. The second-order valence-corrected chi connectivity index (χ2v) is 4.89. The quantitative estimate of drug-likeness (QED) is 0.650. The number of hydrogen-bond donors (Lipinski definition) is 2. The van der Waals surface area contributed by atoms with Gasteiger partial charge < -0.3 is 10.2 Å². The highest BCUT2D eigenvalue weighted by Gasteiger charge is 2.34. The molecule has 2 N–H and O–H groups in total. The lowest BCUT2D eigenvalue weighted by molar-refractivity contribution is -0.00886. The molecule has 2 rings (SSSR count). The molecule has 0 aromatic rings. The molecule has 4 unspecified atom stereocenters. The van der Waals surface area contributed by atoms with Crippen LogP contribution in [0.25, 0.3) is 0 Å². The third-order valence-electron chi connectivity index (χ3n) is 3.80. The van der Waals surface area contributed by atoms with E-state index in [4.69, 9.17) is 0 Å². The van der Waals surface area contributed by atoms with Gasteiger partial charge in [-0.2, -0.15) is 0 Å². The summed E-state index contributed by atoms with van der Waals surface area (Å²) in [5.74, 6) is 0.358. The predicted molar refractivity (Wildman–Crippen MR) is 55.0 cm³/mol. The Morgan fingerprint density at radius 3 is 2.43 bits per heavy atom. The van der Waals surface area contributed by atoms with Crippen molar-refractivity contribution < 1.29 is 10.2 Å². The zero-order valence-corrected chi connectivity index (χ0v) is 8.89. The summed E-state index contributed by atoms with van der Waals surface area (Å²) in [5, 5.41) is 19.4. The fourth-order valence-electron chi connectivity index (χ4n) is 2.81. The first-order valence-corrected chi connectivity index (χ1v) is 5.78. The predicted octanol–water partition coefficient (Wildman–Crippen LogP) is 0.602. The highest BCUT2D eigenvalue weighted by atomic mass is 16.3.